The lowest BCUT2D eigenvalue weighted by atomic mass is 10.0. The first-order valence-corrected chi connectivity index (χ1v) is 8.29. The van der Waals surface area contributed by atoms with Crippen molar-refractivity contribution in [2.24, 2.45) is 0 Å². The van der Waals surface area contributed by atoms with E-state index in [0.717, 1.165) is 22.4 Å². The number of ether oxygens (including phenoxy) is 2. The lowest BCUT2D eigenvalue weighted by Gasteiger charge is -2.26. The standard InChI is InChI=1S/C20H21NO4/c1-13-9-14(2)11-15(10-13)20(23)25-12-19(22)21-17-7-8-24-18-6-4-3-5-16(17)18/h3-6,9-11,17H,7-8,12H2,1-2H3,(H,21,22). The average Bonchev–Trinajstić information content (AvgIpc) is 2.59. The maximum absolute atomic E-state index is 12.2. The van der Waals surface area contributed by atoms with Crippen molar-refractivity contribution in [1.29, 1.82) is 0 Å². The van der Waals surface area contributed by atoms with Crippen LogP contribution >= 0.6 is 0 Å². The van der Waals surface area contributed by atoms with Gasteiger partial charge < -0.3 is 14.8 Å². The first-order chi connectivity index (χ1) is 12.0. The molecule has 0 spiro atoms. The topological polar surface area (TPSA) is 64.6 Å². The van der Waals surface area contributed by atoms with E-state index in [1.807, 2.05) is 44.2 Å². The molecule has 1 N–H and O–H groups in total. The Labute approximate surface area is 147 Å². The van der Waals surface area contributed by atoms with E-state index in [1.165, 1.54) is 0 Å². The predicted octanol–water partition coefficient (Wildman–Crippen LogP) is 3.10. The van der Waals surface area contributed by atoms with Gasteiger partial charge in [0.1, 0.15) is 5.75 Å². The number of carbonyl (C=O) groups excluding carboxylic acids is 2. The van der Waals surface area contributed by atoms with E-state index in [4.69, 9.17) is 9.47 Å². The Morgan fingerprint density at radius 3 is 2.64 bits per heavy atom. The third-order valence-electron chi connectivity index (χ3n) is 4.09. The Morgan fingerprint density at radius 1 is 1.16 bits per heavy atom. The Hall–Kier alpha value is -2.82. The van der Waals surface area contributed by atoms with Gasteiger partial charge in [-0.3, -0.25) is 4.79 Å². The molecule has 0 aliphatic carbocycles. The van der Waals surface area contributed by atoms with Crippen LogP contribution in [0.1, 0.15) is 39.5 Å². The number of benzene rings is 2. The SMILES string of the molecule is Cc1cc(C)cc(C(=O)OCC(=O)NC2CCOc3ccccc32)c1. The molecule has 0 radical (unpaired) electrons. The minimum atomic E-state index is -0.491. The molecule has 0 bridgehead atoms. The molecule has 0 fully saturated rings. The van der Waals surface area contributed by atoms with E-state index >= 15 is 0 Å². The number of rotatable bonds is 4. The second kappa shape index (κ2) is 7.38. The van der Waals surface area contributed by atoms with Gasteiger partial charge in [-0.25, -0.2) is 4.79 Å². The minimum Gasteiger partial charge on any atom is -0.493 e. The summed E-state index contributed by atoms with van der Waals surface area (Å²) in [5.41, 5.74) is 3.37. The highest BCUT2D eigenvalue weighted by molar-refractivity contribution is 5.91. The molecular weight excluding hydrogens is 318 g/mol. The van der Waals surface area contributed by atoms with Crippen LogP contribution in [0.5, 0.6) is 5.75 Å². The van der Waals surface area contributed by atoms with Gasteiger partial charge in [-0.05, 0) is 32.0 Å². The van der Waals surface area contributed by atoms with Crippen molar-refractivity contribution < 1.29 is 19.1 Å². The van der Waals surface area contributed by atoms with Crippen molar-refractivity contribution in [3.8, 4) is 5.75 Å². The van der Waals surface area contributed by atoms with E-state index in [1.54, 1.807) is 12.1 Å². The van der Waals surface area contributed by atoms with Crippen LogP contribution < -0.4 is 10.1 Å². The molecule has 0 saturated carbocycles. The van der Waals surface area contributed by atoms with Gasteiger partial charge in [0.25, 0.3) is 5.91 Å². The summed E-state index contributed by atoms with van der Waals surface area (Å²) in [7, 11) is 0. The Balaban J connectivity index is 1.58. The van der Waals surface area contributed by atoms with Crippen molar-refractivity contribution in [2.75, 3.05) is 13.2 Å². The highest BCUT2D eigenvalue weighted by Crippen LogP contribution is 2.31. The number of aryl methyl sites for hydroxylation is 2. The smallest absolute Gasteiger partial charge is 0.338 e. The first kappa shape index (κ1) is 17.0. The molecule has 1 heterocycles. The highest BCUT2D eigenvalue weighted by atomic mass is 16.5. The van der Waals surface area contributed by atoms with Gasteiger partial charge in [0.15, 0.2) is 6.61 Å². The molecule has 0 saturated heterocycles. The lowest BCUT2D eigenvalue weighted by Crippen LogP contribution is -2.35. The maximum atomic E-state index is 12.2. The molecule has 3 rings (SSSR count). The summed E-state index contributed by atoms with van der Waals surface area (Å²) in [5, 5.41) is 2.91. The van der Waals surface area contributed by atoms with Gasteiger partial charge >= 0.3 is 5.97 Å². The van der Waals surface area contributed by atoms with Crippen LogP contribution in [-0.2, 0) is 9.53 Å². The summed E-state index contributed by atoms with van der Waals surface area (Å²) < 4.78 is 10.7. The van der Waals surface area contributed by atoms with Crippen LogP contribution in [0.2, 0.25) is 0 Å². The largest absolute Gasteiger partial charge is 0.493 e. The zero-order chi connectivity index (χ0) is 17.8. The summed E-state index contributed by atoms with van der Waals surface area (Å²) in [6, 6.07) is 13.0. The van der Waals surface area contributed by atoms with E-state index in [2.05, 4.69) is 5.32 Å². The number of para-hydroxylation sites is 1. The summed E-state index contributed by atoms with van der Waals surface area (Å²) in [4.78, 5) is 24.3. The maximum Gasteiger partial charge on any atom is 0.338 e. The van der Waals surface area contributed by atoms with Crippen LogP contribution in [-0.4, -0.2) is 25.1 Å². The summed E-state index contributed by atoms with van der Waals surface area (Å²) >= 11 is 0. The van der Waals surface area contributed by atoms with Gasteiger partial charge in [-0.15, -0.1) is 0 Å². The second-order valence-electron chi connectivity index (χ2n) is 6.25. The fraction of sp³-hybridized carbons (Fsp3) is 0.300. The van der Waals surface area contributed by atoms with Crippen molar-refractivity contribution >= 4 is 11.9 Å². The van der Waals surface area contributed by atoms with Crippen molar-refractivity contribution in [1.82, 2.24) is 5.32 Å². The molecule has 1 unspecified atom stereocenters. The van der Waals surface area contributed by atoms with E-state index in [-0.39, 0.29) is 18.6 Å². The summed E-state index contributed by atoms with van der Waals surface area (Å²) in [6.45, 7) is 4.08. The Kier molecular flexibility index (Phi) is 5.03. The zero-order valence-electron chi connectivity index (χ0n) is 14.4. The Bertz CT molecular complexity index is 780. The van der Waals surface area contributed by atoms with Gasteiger partial charge in [-0.2, -0.15) is 0 Å². The molecule has 5 heteroatoms. The average molecular weight is 339 g/mol. The molecular formula is C20H21NO4. The molecule has 1 atom stereocenters. The van der Waals surface area contributed by atoms with Crippen LogP contribution in [0.4, 0.5) is 0 Å². The number of hydrogen-bond acceptors (Lipinski definition) is 4. The number of hydrogen-bond donors (Lipinski definition) is 1. The molecule has 1 amide bonds. The molecule has 1 aliphatic rings. The van der Waals surface area contributed by atoms with Crippen molar-refractivity contribution in [2.45, 2.75) is 26.3 Å². The molecule has 25 heavy (non-hydrogen) atoms. The van der Waals surface area contributed by atoms with Gasteiger partial charge in [0, 0.05) is 12.0 Å². The third-order valence-corrected chi connectivity index (χ3v) is 4.09. The van der Waals surface area contributed by atoms with Gasteiger partial charge in [-0.1, -0.05) is 35.4 Å². The fourth-order valence-corrected chi connectivity index (χ4v) is 3.03. The normalized spacial score (nSPS) is 15.7. The van der Waals surface area contributed by atoms with Crippen LogP contribution in [0.3, 0.4) is 0 Å². The first-order valence-electron chi connectivity index (χ1n) is 8.29. The van der Waals surface area contributed by atoms with E-state index in [9.17, 15) is 9.59 Å². The fourth-order valence-electron chi connectivity index (χ4n) is 3.03. The summed E-state index contributed by atoms with van der Waals surface area (Å²) in [5.74, 6) is -0.0277. The lowest BCUT2D eigenvalue weighted by molar-refractivity contribution is -0.125. The third kappa shape index (κ3) is 4.18. The number of amides is 1. The van der Waals surface area contributed by atoms with Crippen LogP contribution in [0.15, 0.2) is 42.5 Å². The van der Waals surface area contributed by atoms with Gasteiger partial charge in [0.05, 0.1) is 18.2 Å². The monoisotopic (exact) mass is 339 g/mol. The predicted molar refractivity (Wildman–Crippen MR) is 93.6 cm³/mol. The van der Waals surface area contributed by atoms with Crippen LogP contribution in [0, 0.1) is 13.8 Å². The molecule has 2 aromatic carbocycles. The molecule has 0 aromatic heterocycles. The molecule has 2 aromatic rings. The highest BCUT2D eigenvalue weighted by Gasteiger charge is 2.23. The molecule has 1 aliphatic heterocycles. The van der Waals surface area contributed by atoms with Crippen LogP contribution in [0.25, 0.3) is 0 Å². The minimum absolute atomic E-state index is 0.127. The van der Waals surface area contributed by atoms with E-state index < -0.39 is 5.97 Å². The van der Waals surface area contributed by atoms with Crippen molar-refractivity contribution in [3.63, 3.8) is 0 Å². The van der Waals surface area contributed by atoms with E-state index in [0.29, 0.717) is 18.6 Å². The second-order valence-corrected chi connectivity index (χ2v) is 6.25. The Morgan fingerprint density at radius 2 is 1.88 bits per heavy atom. The number of carbonyl (C=O) groups is 2. The van der Waals surface area contributed by atoms with Crippen molar-refractivity contribution in [3.05, 3.63) is 64.7 Å². The number of fused-ring (bicyclic) bond motifs is 1. The van der Waals surface area contributed by atoms with Gasteiger partial charge in [0.2, 0.25) is 0 Å². The molecule has 5 nitrogen and oxygen atoms in total. The zero-order valence-corrected chi connectivity index (χ0v) is 14.4. The molecule has 130 valence electrons. The number of esters is 1. The summed E-state index contributed by atoms with van der Waals surface area (Å²) in [6.07, 6.45) is 0.688. The quantitative estimate of drug-likeness (QED) is 0.870. The number of nitrogens with one attached hydrogen (secondary N) is 1.